The van der Waals surface area contributed by atoms with Crippen molar-refractivity contribution in [2.24, 2.45) is 0 Å². The van der Waals surface area contributed by atoms with Crippen molar-refractivity contribution in [1.82, 2.24) is 10.2 Å². The van der Waals surface area contributed by atoms with Gasteiger partial charge in [0.25, 0.3) is 10.0 Å². The lowest BCUT2D eigenvalue weighted by Gasteiger charge is -2.33. The molecule has 8 heteroatoms. The van der Waals surface area contributed by atoms with Crippen LogP contribution in [-0.2, 0) is 26.0 Å². The van der Waals surface area contributed by atoms with Gasteiger partial charge in [-0.3, -0.25) is 13.9 Å². The minimum atomic E-state index is -4.06. The van der Waals surface area contributed by atoms with Crippen molar-refractivity contribution in [2.75, 3.05) is 23.9 Å². The number of carbonyl (C=O) groups excluding carboxylic acids is 2. The van der Waals surface area contributed by atoms with Gasteiger partial charge in [-0.05, 0) is 62.9 Å². The van der Waals surface area contributed by atoms with Gasteiger partial charge in [0.2, 0.25) is 11.8 Å². The third kappa shape index (κ3) is 8.18. The highest BCUT2D eigenvalue weighted by Gasteiger charge is 2.33. The second-order valence-electron chi connectivity index (χ2n) is 10.1. The SMILES string of the molecule is CCCCNC(=O)[C@@H](CC)N(CCc1ccccc1)C(=O)CN(c1ccc(C)cc1)S(=O)(=O)c1ccc(C)cc1. The fourth-order valence-electron chi connectivity index (χ4n) is 4.48. The number of benzene rings is 3. The lowest BCUT2D eigenvalue weighted by atomic mass is 10.1. The molecule has 0 saturated heterocycles. The van der Waals surface area contributed by atoms with Crippen LogP contribution in [0, 0.1) is 13.8 Å². The molecule has 1 atom stereocenters. The minimum absolute atomic E-state index is 0.103. The molecular weight excluding hydrogens is 522 g/mol. The number of sulfonamides is 1. The van der Waals surface area contributed by atoms with E-state index in [9.17, 15) is 18.0 Å². The van der Waals surface area contributed by atoms with Gasteiger partial charge in [-0.2, -0.15) is 0 Å². The second-order valence-corrected chi connectivity index (χ2v) is 11.9. The maximum absolute atomic E-state index is 14.0. The van der Waals surface area contributed by atoms with E-state index in [4.69, 9.17) is 0 Å². The van der Waals surface area contributed by atoms with Crippen LogP contribution in [0.2, 0.25) is 0 Å². The summed E-state index contributed by atoms with van der Waals surface area (Å²) in [7, 11) is -4.06. The summed E-state index contributed by atoms with van der Waals surface area (Å²) < 4.78 is 28.9. The number of amides is 2. The molecule has 7 nitrogen and oxygen atoms in total. The predicted molar refractivity (Wildman–Crippen MR) is 161 cm³/mol. The molecular formula is C32H41N3O4S. The average molecular weight is 564 g/mol. The molecule has 0 radical (unpaired) electrons. The van der Waals surface area contributed by atoms with Gasteiger partial charge in [-0.1, -0.05) is 86.0 Å². The summed E-state index contributed by atoms with van der Waals surface area (Å²) in [5, 5.41) is 2.96. The number of nitrogens with one attached hydrogen (secondary N) is 1. The van der Waals surface area contributed by atoms with Crippen molar-refractivity contribution in [2.45, 2.75) is 64.3 Å². The van der Waals surface area contributed by atoms with E-state index in [-0.39, 0.29) is 17.3 Å². The van der Waals surface area contributed by atoms with Crippen molar-refractivity contribution >= 4 is 27.5 Å². The van der Waals surface area contributed by atoms with Crippen LogP contribution >= 0.6 is 0 Å². The normalized spacial score (nSPS) is 12.0. The maximum Gasteiger partial charge on any atom is 0.264 e. The summed E-state index contributed by atoms with van der Waals surface area (Å²) in [6.45, 7) is 8.12. The molecule has 0 saturated carbocycles. The Morgan fingerprint density at radius 1 is 0.850 bits per heavy atom. The minimum Gasteiger partial charge on any atom is -0.354 e. The van der Waals surface area contributed by atoms with Gasteiger partial charge in [0.15, 0.2) is 0 Å². The van der Waals surface area contributed by atoms with Crippen LogP contribution < -0.4 is 9.62 Å². The topological polar surface area (TPSA) is 86.8 Å². The Morgan fingerprint density at radius 2 is 1.45 bits per heavy atom. The quantitative estimate of drug-likeness (QED) is 0.271. The Labute approximate surface area is 239 Å². The molecule has 0 bridgehead atoms. The smallest absolute Gasteiger partial charge is 0.264 e. The lowest BCUT2D eigenvalue weighted by molar-refractivity contribution is -0.139. The van der Waals surface area contributed by atoms with Crippen LogP contribution in [0.1, 0.15) is 49.8 Å². The van der Waals surface area contributed by atoms with Gasteiger partial charge in [0, 0.05) is 13.1 Å². The lowest BCUT2D eigenvalue weighted by Crippen LogP contribution is -2.53. The number of anilines is 1. The van der Waals surface area contributed by atoms with Crippen LogP contribution in [0.25, 0.3) is 0 Å². The highest BCUT2D eigenvalue weighted by atomic mass is 32.2. The predicted octanol–water partition coefficient (Wildman–Crippen LogP) is 5.26. The number of hydrogen-bond acceptors (Lipinski definition) is 4. The average Bonchev–Trinajstić information content (AvgIpc) is 2.95. The summed E-state index contributed by atoms with van der Waals surface area (Å²) in [5.41, 5.74) is 3.33. The van der Waals surface area contributed by atoms with Crippen LogP contribution in [0.5, 0.6) is 0 Å². The second kappa shape index (κ2) is 14.7. The summed E-state index contributed by atoms with van der Waals surface area (Å²) in [4.78, 5) is 28.9. The monoisotopic (exact) mass is 563 g/mol. The van der Waals surface area contributed by atoms with Crippen molar-refractivity contribution in [3.63, 3.8) is 0 Å². The van der Waals surface area contributed by atoms with E-state index >= 15 is 0 Å². The van der Waals surface area contributed by atoms with Gasteiger partial charge in [0.1, 0.15) is 12.6 Å². The van der Waals surface area contributed by atoms with E-state index in [0.717, 1.165) is 33.8 Å². The summed E-state index contributed by atoms with van der Waals surface area (Å²) in [5.74, 6) is -0.648. The third-order valence-corrected chi connectivity index (χ3v) is 8.70. The number of unbranched alkanes of at least 4 members (excludes halogenated alkanes) is 1. The molecule has 0 aliphatic carbocycles. The summed E-state index contributed by atoms with van der Waals surface area (Å²) >= 11 is 0. The maximum atomic E-state index is 14.0. The van der Waals surface area contributed by atoms with E-state index in [0.29, 0.717) is 25.1 Å². The van der Waals surface area contributed by atoms with Crippen LogP contribution in [0.3, 0.4) is 0 Å². The molecule has 3 aromatic rings. The largest absolute Gasteiger partial charge is 0.354 e. The molecule has 0 heterocycles. The van der Waals surface area contributed by atoms with E-state index in [1.165, 1.54) is 0 Å². The number of nitrogens with zero attached hydrogens (tertiary/aromatic N) is 2. The molecule has 3 rings (SSSR count). The molecule has 0 aliphatic rings. The van der Waals surface area contributed by atoms with E-state index < -0.39 is 28.5 Å². The van der Waals surface area contributed by atoms with Crippen LogP contribution in [0.4, 0.5) is 5.69 Å². The fraction of sp³-hybridized carbons (Fsp3) is 0.375. The van der Waals surface area contributed by atoms with E-state index in [1.807, 2.05) is 70.2 Å². The molecule has 0 aromatic heterocycles. The van der Waals surface area contributed by atoms with Gasteiger partial charge in [-0.15, -0.1) is 0 Å². The van der Waals surface area contributed by atoms with E-state index in [2.05, 4.69) is 5.32 Å². The molecule has 0 aliphatic heterocycles. The highest BCUT2D eigenvalue weighted by molar-refractivity contribution is 7.92. The third-order valence-electron chi connectivity index (χ3n) is 6.91. The van der Waals surface area contributed by atoms with Gasteiger partial charge < -0.3 is 10.2 Å². The number of hydrogen-bond donors (Lipinski definition) is 1. The first kappa shape index (κ1) is 30.9. The molecule has 214 valence electrons. The Hall–Kier alpha value is -3.65. The standard InChI is InChI=1S/C32H41N3O4S/c1-5-7-22-33-32(37)30(6-2)34(23-21-27-11-9-8-10-12-27)31(36)24-35(28-17-13-25(3)14-18-28)40(38,39)29-19-15-26(4)16-20-29/h8-20,30H,5-7,21-24H2,1-4H3,(H,33,37)/t30-/m1/s1. The molecule has 1 N–H and O–H groups in total. The Bertz CT molecular complexity index is 1340. The number of aryl methyl sites for hydroxylation is 2. The number of rotatable bonds is 14. The summed E-state index contributed by atoms with van der Waals surface area (Å²) in [6.07, 6.45) is 2.74. The fourth-order valence-corrected chi connectivity index (χ4v) is 5.89. The number of carbonyl (C=O) groups is 2. The van der Waals surface area contributed by atoms with E-state index in [1.54, 1.807) is 41.3 Å². The molecule has 40 heavy (non-hydrogen) atoms. The highest BCUT2D eigenvalue weighted by Crippen LogP contribution is 2.25. The molecule has 0 fully saturated rings. The molecule has 0 unspecified atom stereocenters. The molecule has 3 aromatic carbocycles. The molecule has 2 amide bonds. The van der Waals surface area contributed by atoms with Crippen LogP contribution in [0.15, 0.2) is 83.8 Å². The van der Waals surface area contributed by atoms with Crippen molar-refractivity contribution in [3.05, 3.63) is 95.6 Å². The van der Waals surface area contributed by atoms with Crippen molar-refractivity contribution in [3.8, 4) is 0 Å². The first-order chi connectivity index (χ1) is 19.2. The van der Waals surface area contributed by atoms with Crippen molar-refractivity contribution < 1.29 is 18.0 Å². The van der Waals surface area contributed by atoms with Crippen molar-refractivity contribution in [1.29, 1.82) is 0 Å². The summed E-state index contributed by atoms with van der Waals surface area (Å²) in [6, 6.07) is 22.7. The zero-order valence-corrected chi connectivity index (χ0v) is 24.8. The Balaban J connectivity index is 1.97. The van der Waals surface area contributed by atoms with Crippen LogP contribution in [-0.4, -0.2) is 50.8 Å². The van der Waals surface area contributed by atoms with Gasteiger partial charge in [0.05, 0.1) is 10.6 Å². The zero-order chi connectivity index (χ0) is 29.1. The van der Waals surface area contributed by atoms with Gasteiger partial charge >= 0.3 is 0 Å². The first-order valence-electron chi connectivity index (χ1n) is 13.9. The van der Waals surface area contributed by atoms with Gasteiger partial charge in [-0.25, -0.2) is 8.42 Å². The molecule has 0 spiro atoms. The Morgan fingerprint density at radius 3 is 2.02 bits per heavy atom. The zero-order valence-electron chi connectivity index (χ0n) is 24.0. The Kier molecular flexibility index (Phi) is 11.3. The first-order valence-corrected chi connectivity index (χ1v) is 15.4.